The molecule has 8 heteroatoms. The van der Waals surface area contributed by atoms with E-state index in [-0.39, 0.29) is 29.4 Å². The number of carbonyl (C=O) groups excluding carboxylic acids is 1. The lowest BCUT2D eigenvalue weighted by Gasteiger charge is -2.33. The number of ether oxygens (including phenoxy) is 1. The van der Waals surface area contributed by atoms with E-state index in [4.69, 9.17) is 4.74 Å². The van der Waals surface area contributed by atoms with Crippen molar-refractivity contribution < 1.29 is 9.53 Å². The molecule has 33 heavy (non-hydrogen) atoms. The maximum atomic E-state index is 12.9. The highest BCUT2D eigenvalue weighted by molar-refractivity contribution is 7.99. The summed E-state index contributed by atoms with van der Waals surface area (Å²) in [6.07, 6.45) is -0.0379. The number of aromatic nitrogens is 2. The number of carbonyl (C=O) groups is 1. The molecule has 3 aromatic rings. The number of rotatable bonds is 8. The van der Waals surface area contributed by atoms with E-state index >= 15 is 0 Å². The fourth-order valence-electron chi connectivity index (χ4n) is 3.98. The number of hydrogen-bond acceptors (Lipinski definition) is 6. The molecule has 1 aliphatic rings. The number of morpholine rings is 1. The molecule has 1 atom stereocenters. The van der Waals surface area contributed by atoms with E-state index in [1.807, 2.05) is 50.2 Å². The average Bonchev–Trinajstić information content (AvgIpc) is 2.82. The first-order valence-corrected chi connectivity index (χ1v) is 12.3. The van der Waals surface area contributed by atoms with Crippen LogP contribution in [0.15, 0.2) is 64.5 Å². The van der Waals surface area contributed by atoms with Crippen LogP contribution in [0.2, 0.25) is 0 Å². The summed E-state index contributed by atoms with van der Waals surface area (Å²) >= 11 is 1.29. The monoisotopic (exact) mass is 466 g/mol. The summed E-state index contributed by atoms with van der Waals surface area (Å²) in [5.74, 6) is 0.0966. The van der Waals surface area contributed by atoms with Gasteiger partial charge in [-0.05, 0) is 31.5 Å². The van der Waals surface area contributed by atoms with Crippen LogP contribution >= 0.6 is 11.8 Å². The van der Waals surface area contributed by atoms with E-state index < -0.39 is 0 Å². The molecule has 2 heterocycles. The number of amides is 1. The molecule has 2 aromatic carbocycles. The van der Waals surface area contributed by atoms with Crippen molar-refractivity contribution in [3.8, 4) is 0 Å². The van der Waals surface area contributed by atoms with Gasteiger partial charge in [-0.15, -0.1) is 0 Å². The van der Waals surface area contributed by atoms with Gasteiger partial charge < -0.3 is 10.1 Å². The fraction of sp³-hybridized carbons (Fsp3) is 0.400. The van der Waals surface area contributed by atoms with Gasteiger partial charge >= 0.3 is 0 Å². The number of hydrogen-bond donors (Lipinski definition) is 1. The van der Waals surface area contributed by atoms with Crippen molar-refractivity contribution >= 4 is 28.6 Å². The first-order valence-electron chi connectivity index (χ1n) is 11.3. The number of nitrogens with one attached hydrogen (secondary N) is 1. The van der Waals surface area contributed by atoms with Gasteiger partial charge in [0.25, 0.3) is 5.56 Å². The summed E-state index contributed by atoms with van der Waals surface area (Å²) in [5, 5.41) is 4.13. The SMILES string of the molecule is CC(C)n1c(SCC(=O)NCC2CN(Cc3ccccc3)CCO2)nc2ccccc2c1=O. The van der Waals surface area contributed by atoms with Gasteiger partial charge in [0.05, 0.1) is 29.4 Å². The predicted molar refractivity (Wildman–Crippen MR) is 132 cm³/mol. The van der Waals surface area contributed by atoms with Gasteiger partial charge in [-0.3, -0.25) is 19.1 Å². The van der Waals surface area contributed by atoms with Crippen molar-refractivity contribution in [3.63, 3.8) is 0 Å². The Hall–Kier alpha value is -2.68. The van der Waals surface area contributed by atoms with Gasteiger partial charge in [-0.2, -0.15) is 0 Å². The zero-order valence-corrected chi connectivity index (χ0v) is 19.9. The quantitative estimate of drug-likeness (QED) is 0.406. The summed E-state index contributed by atoms with van der Waals surface area (Å²) in [7, 11) is 0. The molecule has 1 aliphatic heterocycles. The molecule has 1 amide bonds. The molecule has 4 rings (SSSR count). The van der Waals surface area contributed by atoms with E-state index in [1.54, 1.807) is 10.6 Å². The first-order chi connectivity index (χ1) is 16.0. The highest BCUT2D eigenvalue weighted by Gasteiger charge is 2.21. The lowest BCUT2D eigenvalue weighted by atomic mass is 10.2. The molecule has 1 saturated heterocycles. The first kappa shape index (κ1) is 23.5. The smallest absolute Gasteiger partial charge is 0.262 e. The van der Waals surface area contributed by atoms with Crippen molar-refractivity contribution in [3.05, 3.63) is 70.5 Å². The highest BCUT2D eigenvalue weighted by Crippen LogP contribution is 2.20. The van der Waals surface area contributed by atoms with E-state index in [2.05, 4.69) is 27.3 Å². The molecule has 1 unspecified atom stereocenters. The second-order valence-electron chi connectivity index (χ2n) is 8.49. The predicted octanol–water partition coefficient (Wildman–Crippen LogP) is 3.09. The summed E-state index contributed by atoms with van der Waals surface area (Å²) in [5.41, 5.74) is 1.85. The van der Waals surface area contributed by atoms with Gasteiger partial charge in [-0.25, -0.2) is 4.98 Å². The summed E-state index contributed by atoms with van der Waals surface area (Å²) in [6.45, 7) is 7.56. The van der Waals surface area contributed by atoms with Crippen molar-refractivity contribution in [2.24, 2.45) is 0 Å². The van der Waals surface area contributed by atoms with E-state index in [0.29, 0.717) is 29.2 Å². The lowest BCUT2D eigenvalue weighted by Crippen LogP contribution is -2.47. The molecular formula is C25H30N4O3S. The van der Waals surface area contributed by atoms with Gasteiger partial charge in [0.2, 0.25) is 5.91 Å². The van der Waals surface area contributed by atoms with Crippen LogP contribution in [0.3, 0.4) is 0 Å². The Labute approximate surface area is 198 Å². The second kappa shape index (κ2) is 11.0. The molecule has 0 spiro atoms. The van der Waals surface area contributed by atoms with Crippen LogP contribution in [-0.2, 0) is 16.1 Å². The Balaban J connectivity index is 1.32. The highest BCUT2D eigenvalue weighted by atomic mass is 32.2. The normalized spacial score (nSPS) is 16.9. The Morgan fingerprint density at radius 3 is 2.73 bits per heavy atom. The van der Waals surface area contributed by atoms with Crippen LogP contribution < -0.4 is 10.9 Å². The van der Waals surface area contributed by atoms with Crippen LogP contribution in [0.1, 0.15) is 25.5 Å². The Morgan fingerprint density at radius 2 is 1.94 bits per heavy atom. The second-order valence-corrected chi connectivity index (χ2v) is 9.43. The molecule has 1 aromatic heterocycles. The molecule has 1 fully saturated rings. The Bertz CT molecular complexity index is 1150. The maximum Gasteiger partial charge on any atom is 0.262 e. The lowest BCUT2D eigenvalue weighted by molar-refractivity contribution is -0.119. The third kappa shape index (κ3) is 6.01. The van der Waals surface area contributed by atoms with Crippen molar-refractivity contribution in [2.75, 3.05) is 32.0 Å². The molecule has 0 radical (unpaired) electrons. The third-order valence-electron chi connectivity index (χ3n) is 5.62. The fourth-order valence-corrected chi connectivity index (χ4v) is 4.94. The zero-order chi connectivity index (χ0) is 23.2. The van der Waals surface area contributed by atoms with Crippen molar-refractivity contribution in [1.82, 2.24) is 19.8 Å². The summed E-state index contributed by atoms with van der Waals surface area (Å²) in [6, 6.07) is 17.6. The molecule has 7 nitrogen and oxygen atoms in total. The molecule has 0 saturated carbocycles. The zero-order valence-electron chi connectivity index (χ0n) is 19.1. The number of fused-ring (bicyclic) bond motifs is 1. The van der Waals surface area contributed by atoms with Crippen LogP contribution in [-0.4, -0.2) is 58.5 Å². The number of nitrogens with zero attached hydrogens (tertiary/aromatic N) is 3. The van der Waals surface area contributed by atoms with Crippen LogP contribution in [0.4, 0.5) is 0 Å². The summed E-state index contributed by atoms with van der Waals surface area (Å²) in [4.78, 5) is 32.5. The molecule has 1 N–H and O–H groups in total. The van der Waals surface area contributed by atoms with Gasteiger partial charge in [0, 0.05) is 32.2 Å². The van der Waals surface area contributed by atoms with Crippen LogP contribution in [0.25, 0.3) is 10.9 Å². The Kier molecular flexibility index (Phi) is 7.80. The molecule has 174 valence electrons. The number of para-hydroxylation sites is 1. The van der Waals surface area contributed by atoms with Crippen molar-refractivity contribution in [2.45, 2.75) is 37.7 Å². The Morgan fingerprint density at radius 1 is 1.18 bits per heavy atom. The average molecular weight is 467 g/mol. The van der Waals surface area contributed by atoms with E-state index in [9.17, 15) is 9.59 Å². The maximum absolute atomic E-state index is 12.9. The van der Waals surface area contributed by atoms with Crippen LogP contribution in [0.5, 0.6) is 0 Å². The topological polar surface area (TPSA) is 76.5 Å². The molecular weight excluding hydrogens is 436 g/mol. The minimum absolute atomic E-state index is 0.0379. The van der Waals surface area contributed by atoms with Crippen molar-refractivity contribution in [1.29, 1.82) is 0 Å². The number of benzene rings is 2. The third-order valence-corrected chi connectivity index (χ3v) is 6.58. The molecule has 0 bridgehead atoms. The van der Waals surface area contributed by atoms with E-state index in [1.165, 1.54) is 17.3 Å². The van der Waals surface area contributed by atoms with Gasteiger partial charge in [0.15, 0.2) is 5.16 Å². The summed E-state index contributed by atoms with van der Waals surface area (Å²) < 4.78 is 7.51. The van der Waals surface area contributed by atoms with Gasteiger partial charge in [0.1, 0.15) is 0 Å². The van der Waals surface area contributed by atoms with Gasteiger partial charge in [-0.1, -0.05) is 54.2 Å². The van der Waals surface area contributed by atoms with E-state index in [0.717, 1.165) is 19.6 Å². The largest absolute Gasteiger partial charge is 0.374 e. The minimum Gasteiger partial charge on any atom is -0.374 e. The standard InChI is InChI=1S/C25H30N4O3S/c1-18(2)29-24(31)21-10-6-7-11-22(21)27-25(29)33-17-23(30)26-14-20-16-28(12-13-32-20)15-19-8-4-3-5-9-19/h3-11,18,20H,12-17H2,1-2H3,(H,26,30). The number of thioether (sulfide) groups is 1. The minimum atomic E-state index is -0.0958. The van der Waals surface area contributed by atoms with Crippen LogP contribution in [0, 0.1) is 0 Å². The molecule has 0 aliphatic carbocycles.